The van der Waals surface area contributed by atoms with Crippen LogP contribution in [0.4, 0.5) is 5.69 Å². The normalized spacial score (nSPS) is 12.3. The molecule has 0 fully saturated rings. The zero-order chi connectivity index (χ0) is 24.9. The largest absolute Gasteiger partial charge is 0.497 e. The fourth-order valence-electron chi connectivity index (χ4n) is 3.75. The van der Waals surface area contributed by atoms with Crippen molar-refractivity contribution in [3.05, 3.63) is 89.0 Å². The molecule has 0 radical (unpaired) electrons. The van der Waals surface area contributed by atoms with Crippen molar-refractivity contribution in [3.8, 4) is 5.75 Å². The Morgan fingerprint density at radius 3 is 2.24 bits per heavy atom. The van der Waals surface area contributed by atoms with Crippen LogP contribution in [0.1, 0.15) is 53.4 Å². The van der Waals surface area contributed by atoms with Gasteiger partial charge in [-0.2, -0.15) is 0 Å². The Kier molecular flexibility index (Phi) is 7.99. The Bertz CT molecular complexity index is 1250. The number of rotatable bonds is 9. The summed E-state index contributed by atoms with van der Waals surface area (Å²) in [7, 11) is -2.26. The average Bonchev–Trinajstić information content (AvgIpc) is 2.80. The van der Waals surface area contributed by atoms with E-state index in [4.69, 9.17) is 4.74 Å². The maximum Gasteiger partial charge on any atom is 0.262 e. The quantitative estimate of drug-likeness (QED) is 0.416. The van der Waals surface area contributed by atoms with Gasteiger partial charge in [0.25, 0.3) is 15.9 Å². The zero-order valence-corrected chi connectivity index (χ0v) is 21.1. The number of sulfonamides is 1. The van der Waals surface area contributed by atoms with Gasteiger partial charge in [0, 0.05) is 5.56 Å². The standard InChI is InChI=1S/C27H32N2O4S/c1-18(2)16-25(21-12-14-23(33-5)15-13-21)28-27(30)22-11-10-20(4)26(17-22)34(31,32)29-24-9-7-6-8-19(24)3/h6-15,17-18,25,29H,16H2,1-5H3,(H,28,30). The highest BCUT2D eigenvalue weighted by Gasteiger charge is 2.22. The number of carbonyl (C=O) groups is 1. The van der Waals surface area contributed by atoms with Crippen LogP contribution in [0.3, 0.4) is 0 Å². The second-order valence-electron chi connectivity index (χ2n) is 8.83. The van der Waals surface area contributed by atoms with E-state index in [1.54, 1.807) is 38.3 Å². The van der Waals surface area contributed by atoms with Gasteiger partial charge in [-0.15, -0.1) is 0 Å². The molecule has 34 heavy (non-hydrogen) atoms. The number of hydrogen-bond acceptors (Lipinski definition) is 4. The van der Waals surface area contributed by atoms with Crippen molar-refractivity contribution in [1.29, 1.82) is 0 Å². The Balaban J connectivity index is 1.88. The topological polar surface area (TPSA) is 84.5 Å². The van der Waals surface area contributed by atoms with Crippen LogP contribution in [0.2, 0.25) is 0 Å². The number of benzene rings is 3. The molecule has 0 heterocycles. The van der Waals surface area contributed by atoms with E-state index in [1.165, 1.54) is 6.07 Å². The molecule has 0 bridgehead atoms. The minimum absolute atomic E-state index is 0.0771. The Morgan fingerprint density at radius 1 is 0.941 bits per heavy atom. The van der Waals surface area contributed by atoms with Gasteiger partial charge in [-0.1, -0.05) is 50.2 Å². The third-order valence-corrected chi connectivity index (χ3v) is 7.17. The van der Waals surface area contributed by atoms with Crippen molar-refractivity contribution in [3.63, 3.8) is 0 Å². The van der Waals surface area contributed by atoms with E-state index < -0.39 is 10.0 Å². The summed E-state index contributed by atoms with van der Waals surface area (Å²) in [5.74, 6) is 0.765. The summed E-state index contributed by atoms with van der Waals surface area (Å²) in [6, 6.07) is 19.3. The van der Waals surface area contributed by atoms with Crippen molar-refractivity contribution in [2.45, 2.75) is 45.1 Å². The van der Waals surface area contributed by atoms with Crippen molar-refractivity contribution in [2.24, 2.45) is 5.92 Å². The van der Waals surface area contributed by atoms with E-state index in [9.17, 15) is 13.2 Å². The fourth-order valence-corrected chi connectivity index (χ4v) is 5.15. The smallest absolute Gasteiger partial charge is 0.262 e. The van der Waals surface area contributed by atoms with Crippen LogP contribution in [0, 0.1) is 19.8 Å². The monoisotopic (exact) mass is 480 g/mol. The maximum absolute atomic E-state index is 13.2. The number of ether oxygens (including phenoxy) is 1. The van der Waals surface area contributed by atoms with Crippen LogP contribution in [-0.2, 0) is 10.0 Å². The summed E-state index contributed by atoms with van der Waals surface area (Å²) in [5, 5.41) is 3.08. The van der Waals surface area contributed by atoms with Crippen molar-refractivity contribution < 1.29 is 17.9 Å². The minimum Gasteiger partial charge on any atom is -0.497 e. The molecule has 0 aliphatic rings. The van der Waals surface area contributed by atoms with Crippen LogP contribution >= 0.6 is 0 Å². The van der Waals surface area contributed by atoms with Gasteiger partial charge in [0.05, 0.1) is 23.7 Å². The summed E-state index contributed by atoms with van der Waals surface area (Å²) in [4.78, 5) is 13.3. The lowest BCUT2D eigenvalue weighted by Gasteiger charge is -2.22. The lowest BCUT2D eigenvalue weighted by Crippen LogP contribution is -2.30. The van der Waals surface area contributed by atoms with Crippen molar-refractivity contribution in [2.75, 3.05) is 11.8 Å². The number of carbonyl (C=O) groups excluding carboxylic acids is 1. The van der Waals surface area contributed by atoms with E-state index in [0.717, 1.165) is 23.3 Å². The molecule has 3 aromatic carbocycles. The molecule has 3 rings (SSSR count). The third-order valence-electron chi connectivity index (χ3n) is 5.66. The molecule has 1 atom stereocenters. The first-order valence-electron chi connectivity index (χ1n) is 11.2. The minimum atomic E-state index is -3.87. The highest BCUT2D eigenvalue weighted by Crippen LogP contribution is 2.26. The van der Waals surface area contributed by atoms with Crippen LogP contribution in [-0.4, -0.2) is 21.4 Å². The lowest BCUT2D eigenvalue weighted by molar-refractivity contribution is 0.0931. The molecule has 0 saturated carbocycles. The number of anilines is 1. The Hall–Kier alpha value is -3.32. The second kappa shape index (κ2) is 10.7. The van der Waals surface area contributed by atoms with E-state index in [2.05, 4.69) is 23.9 Å². The first-order valence-corrected chi connectivity index (χ1v) is 12.7. The van der Waals surface area contributed by atoms with Crippen molar-refractivity contribution >= 4 is 21.6 Å². The number of methoxy groups -OCH3 is 1. The molecular formula is C27H32N2O4S. The summed E-state index contributed by atoms with van der Waals surface area (Å²) in [6.07, 6.45) is 0.740. The number of aryl methyl sites for hydroxylation is 2. The molecule has 6 nitrogen and oxygen atoms in total. The van der Waals surface area contributed by atoms with Gasteiger partial charge in [0.15, 0.2) is 0 Å². The molecule has 0 aromatic heterocycles. The van der Waals surface area contributed by atoms with Gasteiger partial charge in [0.2, 0.25) is 0 Å². The molecular weight excluding hydrogens is 448 g/mol. The zero-order valence-electron chi connectivity index (χ0n) is 20.3. The first-order chi connectivity index (χ1) is 16.1. The van der Waals surface area contributed by atoms with Gasteiger partial charge < -0.3 is 10.1 Å². The molecule has 2 N–H and O–H groups in total. The Morgan fingerprint density at radius 2 is 1.62 bits per heavy atom. The molecule has 1 unspecified atom stereocenters. The summed E-state index contributed by atoms with van der Waals surface area (Å²) in [5.41, 5.74) is 3.13. The number of para-hydroxylation sites is 1. The van der Waals surface area contributed by atoms with Gasteiger partial charge in [-0.05, 0) is 73.2 Å². The summed E-state index contributed by atoms with van der Waals surface area (Å²) < 4.78 is 34.2. The van der Waals surface area contributed by atoms with Crippen LogP contribution in [0.5, 0.6) is 5.75 Å². The summed E-state index contributed by atoms with van der Waals surface area (Å²) in [6.45, 7) is 7.74. The number of nitrogens with one attached hydrogen (secondary N) is 2. The third kappa shape index (κ3) is 6.17. The first kappa shape index (κ1) is 25.3. The SMILES string of the molecule is COc1ccc(C(CC(C)C)NC(=O)c2ccc(C)c(S(=O)(=O)Nc3ccccc3C)c2)cc1. The molecule has 0 spiro atoms. The van der Waals surface area contributed by atoms with E-state index in [0.29, 0.717) is 17.2 Å². The van der Waals surface area contributed by atoms with E-state index >= 15 is 0 Å². The van der Waals surface area contributed by atoms with Crippen molar-refractivity contribution in [1.82, 2.24) is 5.32 Å². The second-order valence-corrected chi connectivity index (χ2v) is 10.5. The Labute approximate surface area is 202 Å². The molecule has 0 aliphatic carbocycles. The summed E-state index contributed by atoms with van der Waals surface area (Å²) >= 11 is 0. The van der Waals surface area contributed by atoms with Crippen LogP contribution < -0.4 is 14.8 Å². The van der Waals surface area contributed by atoms with Crippen LogP contribution in [0.15, 0.2) is 71.6 Å². The highest BCUT2D eigenvalue weighted by atomic mass is 32.2. The van der Waals surface area contributed by atoms with Gasteiger partial charge in [0.1, 0.15) is 5.75 Å². The van der Waals surface area contributed by atoms with E-state index in [1.807, 2.05) is 43.3 Å². The average molecular weight is 481 g/mol. The van der Waals surface area contributed by atoms with E-state index in [-0.39, 0.29) is 22.4 Å². The highest BCUT2D eigenvalue weighted by molar-refractivity contribution is 7.92. The maximum atomic E-state index is 13.2. The lowest BCUT2D eigenvalue weighted by atomic mass is 9.96. The molecule has 3 aromatic rings. The molecule has 7 heteroatoms. The molecule has 1 amide bonds. The molecule has 180 valence electrons. The van der Waals surface area contributed by atoms with Crippen LogP contribution in [0.25, 0.3) is 0 Å². The molecule has 0 saturated heterocycles. The van der Waals surface area contributed by atoms with Gasteiger partial charge in [-0.3, -0.25) is 9.52 Å². The predicted molar refractivity (Wildman–Crippen MR) is 136 cm³/mol. The fraction of sp³-hybridized carbons (Fsp3) is 0.296. The van der Waals surface area contributed by atoms with Gasteiger partial charge in [-0.25, -0.2) is 8.42 Å². The predicted octanol–water partition coefficient (Wildman–Crippen LogP) is 5.63. The van der Waals surface area contributed by atoms with Gasteiger partial charge >= 0.3 is 0 Å². The molecule has 0 aliphatic heterocycles. The number of hydrogen-bond donors (Lipinski definition) is 2. The number of amides is 1.